The third-order valence-electron chi connectivity index (χ3n) is 14.5. The van der Waals surface area contributed by atoms with Crippen LogP contribution < -0.4 is 5.32 Å². The summed E-state index contributed by atoms with van der Waals surface area (Å²) in [6.45, 7) is 1.55. The first-order chi connectivity index (χ1) is 38.3. The van der Waals surface area contributed by atoms with Gasteiger partial charge in [0.1, 0.15) is 73.2 Å². The second kappa shape index (κ2) is 43.0. The van der Waals surface area contributed by atoms with Crippen molar-refractivity contribution in [3.63, 3.8) is 0 Å². The smallest absolute Gasteiger partial charge is 0.220 e. The molecule has 3 aliphatic heterocycles. The number of carbonyl (C=O) groups is 1. The lowest BCUT2D eigenvalue weighted by atomic mass is 9.96. The van der Waals surface area contributed by atoms with Crippen LogP contribution in [0.4, 0.5) is 0 Å². The van der Waals surface area contributed by atoms with Crippen LogP contribution in [-0.4, -0.2) is 193 Å². The number of aliphatic hydroxyl groups is 11. The quantitative estimate of drug-likeness (QED) is 0.0282. The fraction of sp³-hybridized carbons (Fsp3) is 0.783. The number of amides is 1. The molecule has 3 heterocycles. The van der Waals surface area contributed by atoms with Gasteiger partial charge in [0, 0.05) is 6.42 Å². The van der Waals surface area contributed by atoms with E-state index in [4.69, 9.17) is 28.4 Å². The van der Waals surface area contributed by atoms with Gasteiger partial charge in [-0.2, -0.15) is 0 Å². The van der Waals surface area contributed by atoms with Crippen molar-refractivity contribution in [1.82, 2.24) is 5.32 Å². The van der Waals surface area contributed by atoms with Crippen LogP contribution in [0.2, 0.25) is 0 Å². The zero-order valence-electron chi connectivity index (χ0n) is 47.3. The van der Waals surface area contributed by atoms with E-state index < -0.39 is 124 Å². The Hall–Kier alpha value is -2.77. The molecule has 456 valence electrons. The summed E-state index contributed by atoms with van der Waals surface area (Å²) in [4.78, 5) is 13.3. The van der Waals surface area contributed by atoms with Crippen LogP contribution in [0.15, 0.2) is 72.9 Å². The number of ether oxygens (including phenoxy) is 6. The molecule has 12 N–H and O–H groups in total. The van der Waals surface area contributed by atoms with Gasteiger partial charge in [0.15, 0.2) is 18.9 Å². The summed E-state index contributed by atoms with van der Waals surface area (Å²) in [6.07, 6.45) is 23.1. The molecule has 79 heavy (non-hydrogen) atoms. The van der Waals surface area contributed by atoms with Gasteiger partial charge in [0.2, 0.25) is 5.91 Å². The number of allylic oxidation sites excluding steroid dienone is 11. The molecular weight excluding hydrogens is 1020 g/mol. The van der Waals surface area contributed by atoms with Crippen LogP contribution in [-0.2, 0) is 33.2 Å². The molecular formula is C60H103NO18. The molecule has 0 aromatic carbocycles. The predicted molar refractivity (Wildman–Crippen MR) is 300 cm³/mol. The Kier molecular flexibility index (Phi) is 38.3. The maximum Gasteiger partial charge on any atom is 0.220 e. The zero-order chi connectivity index (χ0) is 57.6. The molecule has 0 aliphatic carbocycles. The molecule has 19 heteroatoms. The van der Waals surface area contributed by atoms with E-state index in [1.54, 1.807) is 6.08 Å². The number of carbonyl (C=O) groups excluding carboxylic acids is 1. The first-order valence-corrected chi connectivity index (χ1v) is 29.7. The minimum atomic E-state index is -1.98. The van der Waals surface area contributed by atoms with Gasteiger partial charge in [-0.15, -0.1) is 0 Å². The molecule has 17 atom stereocenters. The van der Waals surface area contributed by atoms with Crippen molar-refractivity contribution >= 4 is 5.91 Å². The lowest BCUT2D eigenvalue weighted by Gasteiger charge is -2.48. The lowest BCUT2D eigenvalue weighted by molar-refractivity contribution is -0.379. The highest BCUT2D eigenvalue weighted by Crippen LogP contribution is 2.33. The molecule has 1 amide bonds. The molecule has 3 fully saturated rings. The van der Waals surface area contributed by atoms with Crippen LogP contribution >= 0.6 is 0 Å². The molecule has 17 unspecified atom stereocenters. The molecule has 0 saturated carbocycles. The standard InChI is InChI=1S/C60H103NO18/c1-3-5-7-9-11-13-15-17-19-20-21-22-24-26-28-30-32-34-36-38-48(66)61-43(44(65)37-35-33-31-29-27-25-23-18-16-14-12-10-8-6-4-2)42-74-58-54(72)51(69)56(46(40-63)76-58)79-60-55(73)52(70)57(47(41-64)77-60)78-59-53(71)50(68)49(67)45(39-62)75-59/h5,7,11,13,17,19,21-22,27,29,35,37,43-47,49-60,62-65,67-73H,3-4,6,8-10,12,14-16,18,20,23-26,28,30-34,36,38-42H2,1-2H3,(H,61,66)/b7-5-,13-11-,19-17-,22-21-,29-27+,37-35+. The predicted octanol–water partition coefficient (Wildman–Crippen LogP) is 5.04. The fourth-order valence-corrected chi connectivity index (χ4v) is 9.61. The van der Waals surface area contributed by atoms with E-state index in [-0.39, 0.29) is 18.9 Å². The van der Waals surface area contributed by atoms with Crippen LogP contribution in [0, 0.1) is 0 Å². The average molecular weight is 1130 g/mol. The number of rotatable bonds is 42. The van der Waals surface area contributed by atoms with Crippen molar-refractivity contribution in [3.05, 3.63) is 72.9 Å². The summed E-state index contributed by atoms with van der Waals surface area (Å²) in [5.74, 6) is -0.304. The van der Waals surface area contributed by atoms with Crippen molar-refractivity contribution in [2.45, 2.75) is 272 Å². The molecule has 19 nitrogen and oxygen atoms in total. The van der Waals surface area contributed by atoms with Gasteiger partial charge < -0.3 is 89.9 Å². The van der Waals surface area contributed by atoms with Crippen molar-refractivity contribution in [2.75, 3.05) is 26.4 Å². The number of nitrogens with one attached hydrogen (secondary N) is 1. The Morgan fingerprint density at radius 3 is 1.42 bits per heavy atom. The molecule has 0 radical (unpaired) electrons. The third kappa shape index (κ3) is 27.0. The summed E-state index contributed by atoms with van der Waals surface area (Å²) in [7, 11) is 0. The number of hydrogen-bond donors (Lipinski definition) is 12. The normalized spacial score (nSPS) is 30.8. The number of unbranched alkanes of at least 4 members (excludes halogenated alkanes) is 16. The Balaban J connectivity index is 1.53. The largest absolute Gasteiger partial charge is 0.394 e. The monoisotopic (exact) mass is 1130 g/mol. The summed E-state index contributed by atoms with van der Waals surface area (Å²) in [5.41, 5.74) is 0. The SMILES string of the molecule is CC/C=C\C/C=C\C/C=C\C/C=C\CCCCCCCCC(=O)NC(COC1OC(CO)C(OC2OC(CO)C(OC3OC(CO)C(O)C(O)C3O)C(O)C2O)C(O)C1O)C(O)/C=C/CC/C=C/CCCCCCCCCCC. The van der Waals surface area contributed by atoms with Crippen molar-refractivity contribution < 1.29 is 89.4 Å². The van der Waals surface area contributed by atoms with Crippen LogP contribution in [0.1, 0.15) is 168 Å². The molecule has 0 spiro atoms. The summed E-state index contributed by atoms with van der Waals surface area (Å²) in [5, 5.41) is 120. The highest BCUT2D eigenvalue weighted by atomic mass is 16.8. The van der Waals surface area contributed by atoms with Gasteiger partial charge in [0.25, 0.3) is 0 Å². The van der Waals surface area contributed by atoms with E-state index in [9.17, 15) is 61.0 Å². The Morgan fingerprint density at radius 2 is 0.886 bits per heavy atom. The maximum atomic E-state index is 13.3. The van der Waals surface area contributed by atoms with Crippen molar-refractivity contribution in [3.8, 4) is 0 Å². The Morgan fingerprint density at radius 1 is 0.468 bits per heavy atom. The minimum Gasteiger partial charge on any atom is -0.394 e. The molecule has 0 aromatic rings. The van der Waals surface area contributed by atoms with Crippen molar-refractivity contribution in [1.29, 1.82) is 0 Å². The van der Waals surface area contributed by atoms with E-state index >= 15 is 0 Å². The lowest BCUT2D eigenvalue weighted by Crippen LogP contribution is -2.66. The van der Waals surface area contributed by atoms with Crippen LogP contribution in [0.5, 0.6) is 0 Å². The van der Waals surface area contributed by atoms with E-state index in [1.807, 2.05) is 6.08 Å². The molecule has 0 aromatic heterocycles. The Bertz CT molecular complexity index is 1730. The first kappa shape index (κ1) is 70.5. The topological polar surface area (TPSA) is 307 Å². The summed E-state index contributed by atoms with van der Waals surface area (Å²) >= 11 is 0. The second-order valence-corrected chi connectivity index (χ2v) is 21.1. The Labute approximate surface area is 470 Å². The van der Waals surface area contributed by atoms with Gasteiger partial charge in [-0.3, -0.25) is 4.79 Å². The second-order valence-electron chi connectivity index (χ2n) is 21.1. The minimum absolute atomic E-state index is 0.215. The molecule has 3 saturated heterocycles. The highest BCUT2D eigenvalue weighted by Gasteiger charge is 2.53. The molecule has 3 aliphatic rings. The maximum absolute atomic E-state index is 13.3. The zero-order valence-corrected chi connectivity index (χ0v) is 47.3. The van der Waals surface area contributed by atoms with Gasteiger partial charge >= 0.3 is 0 Å². The van der Waals surface area contributed by atoms with E-state index in [1.165, 1.54) is 51.4 Å². The van der Waals surface area contributed by atoms with Crippen LogP contribution in [0.25, 0.3) is 0 Å². The summed E-state index contributed by atoms with van der Waals surface area (Å²) in [6, 6.07) is -1.00. The number of aliphatic hydroxyl groups excluding tert-OH is 11. The number of hydrogen-bond acceptors (Lipinski definition) is 18. The summed E-state index contributed by atoms with van der Waals surface area (Å²) < 4.78 is 34.2. The van der Waals surface area contributed by atoms with E-state index in [2.05, 4.69) is 79.9 Å². The van der Waals surface area contributed by atoms with E-state index in [0.29, 0.717) is 12.8 Å². The first-order valence-electron chi connectivity index (χ1n) is 29.7. The van der Waals surface area contributed by atoms with Gasteiger partial charge in [-0.1, -0.05) is 164 Å². The fourth-order valence-electron chi connectivity index (χ4n) is 9.61. The third-order valence-corrected chi connectivity index (χ3v) is 14.5. The van der Waals surface area contributed by atoms with Crippen LogP contribution in [0.3, 0.4) is 0 Å². The van der Waals surface area contributed by atoms with Gasteiger partial charge in [-0.05, 0) is 70.6 Å². The van der Waals surface area contributed by atoms with E-state index in [0.717, 1.165) is 83.5 Å². The molecule has 0 bridgehead atoms. The van der Waals surface area contributed by atoms with Crippen molar-refractivity contribution in [2.24, 2.45) is 0 Å². The average Bonchev–Trinajstić information content (AvgIpc) is 3.47. The van der Waals surface area contributed by atoms with Gasteiger partial charge in [-0.25, -0.2) is 0 Å². The highest BCUT2D eigenvalue weighted by molar-refractivity contribution is 5.76. The molecule has 3 rings (SSSR count). The van der Waals surface area contributed by atoms with Gasteiger partial charge in [0.05, 0.1) is 38.6 Å².